The highest BCUT2D eigenvalue weighted by Crippen LogP contribution is 2.19. The number of amides is 2. The lowest BCUT2D eigenvalue weighted by molar-refractivity contribution is -0.141. The number of urea groups is 1. The zero-order valence-electron chi connectivity index (χ0n) is 13.2. The molecule has 1 heterocycles. The molecule has 2 rings (SSSR count). The molecule has 0 bridgehead atoms. The molecule has 0 aliphatic carbocycles. The van der Waals surface area contributed by atoms with Crippen LogP contribution in [0.3, 0.4) is 0 Å². The smallest absolute Gasteiger partial charge is 0.321 e. The summed E-state index contributed by atoms with van der Waals surface area (Å²) in [6.45, 7) is 3.49. The van der Waals surface area contributed by atoms with Crippen molar-refractivity contribution < 1.29 is 14.7 Å². The van der Waals surface area contributed by atoms with E-state index in [0.29, 0.717) is 17.3 Å². The third-order valence-electron chi connectivity index (χ3n) is 3.29. The van der Waals surface area contributed by atoms with Crippen LogP contribution in [-0.2, 0) is 4.79 Å². The number of hydrogen-bond acceptors (Lipinski definition) is 4. The lowest BCUT2D eigenvalue weighted by Crippen LogP contribution is -2.36. The molecule has 2 aromatic rings. The average molecular weight is 317 g/mol. The van der Waals surface area contributed by atoms with Gasteiger partial charge >= 0.3 is 12.0 Å². The number of carboxylic acids is 1. The molecule has 0 fully saturated rings. The van der Waals surface area contributed by atoms with Gasteiger partial charge in [0.15, 0.2) is 5.82 Å². The van der Waals surface area contributed by atoms with Gasteiger partial charge in [-0.1, -0.05) is 19.1 Å². The average Bonchev–Trinajstić information content (AvgIpc) is 2.94. The summed E-state index contributed by atoms with van der Waals surface area (Å²) < 4.78 is 0. The third-order valence-corrected chi connectivity index (χ3v) is 3.29. The van der Waals surface area contributed by atoms with E-state index in [1.165, 1.54) is 4.90 Å². The highest BCUT2D eigenvalue weighted by molar-refractivity contribution is 5.90. The summed E-state index contributed by atoms with van der Waals surface area (Å²) in [7, 11) is 1.55. The molecule has 1 aromatic carbocycles. The number of aliphatic carboxylic acids is 1. The van der Waals surface area contributed by atoms with Gasteiger partial charge in [-0.15, -0.1) is 0 Å². The number of aromatic amines is 1. The van der Waals surface area contributed by atoms with Crippen molar-refractivity contribution in [2.24, 2.45) is 5.92 Å². The summed E-state index contributed by atoms with van der Waals surface area (Å²) in [5.74, 6) is -0.316. The number of rotatable bonds is 5. The summed E-state index contributed by atoms with van der Waals surface area (Å²) in [5.41, 5.74) is 1.36. The minimum Gasteiger partial charge on any atom is -0.481 e. The van der Waals surface area contributed by atoms with Gasteiger partial charge in [0.1, 0.15) is 5.82 Å². The Bertz CT molecular complexity index is 713. The van der Waals surface area contributed by atoms with Gasteiger partial charge in [-0.25, -0.2) is 9.78 Å². The molecular weight excluding hydrogens is 298 g/mol. The second-order valence-electron chi connectivity index (χ2n) is 5.38. The number of nitrogens with zero attached hydrogens (tertiary/aromatic N) is 3. The lowest BCUT2D eigenvalue weighted by atomic mass is 10.2. The van der Waals surface area contributed by atoms with Gasteiger partial charge in [0.05, 0.1) is 5.92 Å². The van der Waals surface area contributed by atoms with E-state index in [4.69, 9.17) is 5.11 Å². The summed E-state index contributed by atoms with van der Waals surface area (Å²) in [6.07, 6.45) is 0. The van der Waals surface area contributed by atoms with Crippen molar-refractivity contribution in [3.05, 3.63) is 30.1 Å². The summed E-state index contributed by atoms with van der Waals surface area (Å²) in [5, 5.41) is 18.5. The molecule has 0 aliphatic heterocycles. The van der Waals surface area contributed by atoms with Gasteiger partial charge in [-0.05, 0) is 19.1 Å². The van der Waals surface area contributed by atoms with Crippen molar-refractivity contribution in [3.63, 3.8) is 0 Å². The van der Waals surface area contributed by atoms with Crippen LogP contribution in [0.1, 0.15) is 12.7 Å². The fourth-order valence-corrected chi connectivity index (χ4v) is 2.00. The number of hydrogen-bond donors (Lipinski definition) is 3. The van der Waals surface area contributed by atoms with Crippen molar-refractivity contribution in [2.45, 2.75) is 13.8 Å². The van der Waals surface area contributed by atoms with Gasteiger partial charge in [0.25, 0.3) is 0 Å². The number of aryl methyl sites for hydroxylation is 1. The second-order valence-corrected chi connectivity index (χ2v) is 5.38. The van der Waals surface area contributed by atoms with Crippen LogP contribution in [0.5, 0.6) is 0 Å². The van der Waals surface area contributed by atoms with E-state index in [1.807, 2.05) is 6.07 Å². The second kappa shape index (κ2) is 6.91. The maximum absolute atomic E-state index is 12.1. The fourth-order valence-electron chi connectivity index (χ4n) is 2.00. The first-order chi connectivity index (χ1) is 10.9. The van der Waals surface area contributed by atoms with Crippen LogP contribution in [0, 0.1) is 12.8 Å². The number of H-pyrrole nitrogens is 1. The van der Waals surface area contributed by atoms with Gasteiger partial charge in [-0.3, -0.25) is 9.89 Å². The predicted octanol–water partition coefficient (Wildman–Crippen LogP) is 1.96. The molecule has 0 saturated carbocycles. The van der Waals surface area contributed by atoms with E-state index >= 15 is 0 Å². The maximum atomic E-state index is 12.1. The molecule has 0 aliphatic rings. The summed E-state index contributed by atoms with van der Waals surface area (Å²) >= 11 is 0. The molecule has 1 unspecified atom stereocenters. The van der Waals surface area contributed by atoms with Gasteiger partial charge in [-0.2, -0.15) is 5.10 Å². The topological polar surface area (TPSA) is 111 Å². The van der Waals surface area contributed by atoms with Gasteiger partial charge in [0.2, 0.25) is 0 Å². The first-order valence-corrected chi connectivity index (χ1v) is 7.11. The lowest BCUT2D eigenvalue weighted by Gasteiger charge is -2.20. The van der Waals surface area contributed by atoms with Crippen molar-refractivity contribution in [3.8, 4) is 11.4 Å². The Morgan fingerprint density at radius 3 is 2.78 bits per heavy atom. The van der Waals surface area contributed by atoms with Crippen molar-refractivity contribution >= 4 is 17.7 Å². The molecule has 1 aromatic heterocycles. The molecule has 8 nitrogen and oxygen atoms in total. The molecule has 122 valence electrons. The Morgan fingerprint density at radius 1 is 1.43 bits per heavy atom. The molecule has 8 heteroatoms. The van der Waals surface area contributed by atoms with E-state index in [9.17, 15) is 9.59 Å². The normalized spacial score (nSPS) is 11.8. The first-order valence-electron chi connectivity index (χ1n) is 7.11. The van der Waals surface area contributed by atoms with E-state index in [1.54, 1.807) is 39.1 Å². The molecular formula is C15H19N5O3. The van der Waals surface area contributed by atoms with E-state index in [0.717, 1.165) is 5.56 Å². The van der Waals surface area contributed by atoms with E-state index < -0.39 is 11.9 Å². The van der Waals surface area contributed by atoms with Gasteiger partial charge < -0.3 is 15.3 Å². The largest absolute Gasteiger partial charge is 0.481 e. The molecule has 0 radical (unpaired) electrons. The molecule has 23 heavy (non-hydrogen) atoms. The standard InChI is InChI=1S/C15H19N5O3/c1-9(14(21)22)8-20(3)15(23)17-12-6-4-5-11(7-12)13-16-10(2)18-19-13/h4-7,9H,8H2,1-3H3,(H,17,23)(H,21,22)(H,16,18,19). The number of anilines is 1. The number of carbonyl (C=O) groups is 2. The third kappa shape index (κ3) is 4.29. The highest BCUT2D eigenvalue weighted by Gasteiger charge is 2.17. The molecule has 3 N–H and O–H groups in total. The van der Waals surface area contributed by atoms with E-state index in [-0.39, 0.29) is 12.6 Å². The predicted molar refractivity (Wildman–Crippen MR) is 85.0 cm³/mol. The van der Waals surface area contributed by atoms with Crippen molar-refractivity contribution in [1.29, 1.82) is 0 Å². The molecule has 0 spiro atoms. The van der Waals surface area contributed by atoms with Crippen molar-refractivity contribution in [1.82, 2.24) is 20.1 Å². The minimum absolute atomic E-state index is 0.126. The van der Waals surface area contributed by atoms with Gasteiger partial charge in [0, 0.05) is 24.8 Å². The van der Waals surface area contributed by atoms with Crippen molar-refractivity contribution in [2.75, 3.05) is 18.9 Å². The summed E-state index contributed by atoms with van der Waals surface area (Å²) in [6, 6.07) is 6.76. The number of nitrogens with one attached hydrogen (secondary N) is 2. The van der Waals surface area contributed by atoms with Crippen LogP contribution in [0.4, 0.5) is 10.5 Å². The zero-order valence-corrected chi connectivity index (χ0v) is 13.2. The Morgan fingerprint density at radius 2 is 2.17 bits per heavy atom. The van der Waals surface area contributed by atoms with E-state index in [2.05, 4.69) is 20.5 Å². The molecule has 1 atom stereocenters. The monoisotopic (exact) mass is 317 g/mol. The minimum atomic E-state index is -0.938. The quantitative estimate of drug-likeness (QED) is 0.780. The van der Waals surface area contributed by atoms with Crippen LogP contribution in [0.2, 0.25) is 0 Å². The van der Waals surface area contributed by atoms with Crippen LogP contribution in [-0.4, -0.2) is 50.8 Å². The Kier molecular flexibility index (Phi) is 4.95. The Labute approximate surface area is 133 Å². The molecule has 0 saturated heterocycles. The Balaban J connectivity index is 2.05. The Hall–Kier alpha value is -2.90. The molecule has 2 amide bonds. The number of carbonyl (C=O) groups excluding carboxylic acids is 1. The summed E-state index contributed by atoms with van der Waals surface area (Å²) in [4.78, 5) is 28.5. The first kappa shape index (κ1) is 16.5. The number of benzene rings is 1. The highest BCUT2D eigenvalue weighted by atomic mass is 16.4. The number of aromatic nitrogens is 3. The zero-order chi connectivity index (χ0) is 17.0. The van der Waals surface area contributed by atoms with Crippen LogP contribution >= 0.6 is 0 Å². The fraction of sp³-hybridized carbons (Fsp3) is 0.333. The maximum Gasteiger partial charge on any atom is 0.321 e. The van der Waals surface area contributed by atoms with Crippen LogP contribution < -0.4 is 5.32 Å². The SMILES string of the molecule is Cc1nc(-c2cccc(NC(=O)N(C)CC(C)C(=O)O)c2)n[nH]1. The van der Waals surface area contributed by atoms with Crippen LogP contribution in [0.25, 0.3) is 11.4 Å². The number of carboxylic acid groups (broad SMARTS) is 1. The van der Waals surface area contributed by atoms with Crippen LogP contribution in [0.15, 0.2) is 24.3 Å².